The van der Waals surface area contributed by atoms with Gasteiger partial charge in [0, 0.05) is 5.54 Å². The molecule has 150 valence electrons. The normalized spacial score (nSPS) is 12.9. The van der Waals surface area contributed by atoms with Crippen LogP contribution < -0.4 is 15.8 Å². The molecule has 0 spiro atoms. The summed E-state index contributed by atoms with van der Waals surface area (Å²) in [6.45, 7) is 9.69. The van der Waals surface area contributed by atoms with E-state index in [-0.39, 0.29) is 10.5 Å². The molecule has 1 aromatic rings. The van der Waals surface area contributed by atoms with E-state index in [4.69, 9.17) is 9.88 Å². The van der Waals surface area contributed by atoms with Gasteiger partial charge in [-0.25, -0.2) is 23.1 Å². The van der Waals surface area contributed by atoms with E-state index < -0.39 is 39.6 Å². The van der Waals surface area contributed by atoms with Crippen LogP contribution in [0.4, 0.5) is 4.79 Å². The van der Waals surface area contributed by atoms with Gasteiger partial charge in [0.1, 0.15) is 0 Å². The second kappa shape index (κ2) is 8.05. The zero-order valence-electron chi connectivity index (χ0n) is 16.2. The number of esters is 1. The average Bonchev–Trinajstić information content (AvgIpc) is 2.46. The molecule has 0 aliphatic carbocycles. The van der Waals surface area contributed by atoms with Crippen molar-refractivity contribution >= 4 is 27.9 Å². The fourth-order valence-electron chi connectivity index (χ4n) is 2.11. The third kappa shape index (κ3) is 6.65. The molecule has 1 atom stereocenters. The first-order chi connectivity index (χ1) is 12.1. The number of urea groups is 1. The molecule has 1 aromatic carbocycles. The van der Waals surface area contributed by atoms with Gasteiger partial charge in [-0.05, 0) is 64.8 Å². The molecule has 0 aliphatic heterocycles. The van der Waals surface area contributed by atoms with Crippen LogP contribution in [0.15, 0.2) is 17.0 Å². The lowest BCUT2D eigenvalue weighted by Crippen LogP contribution is -2.50. The number of carbonyl (C=O) groups is 3. The fraction of sp³-hybridized carbons (Fsp3) is 0.471. The van der Waals surface area contributed by atoms with Crippen LogP contribution in [0.2, 0.25) is 0 Å². The van der Waals surface area contributed by atoms with Crippen molar-refractivity contribution in [3.05, 3.63) is 28.8 Å². The average molecular weight is 399 g/mol. The number of benzene rings is 1. The van der Waals surface area contributed by atoms with Gasteiger partial charge in [0.2, 0.25) is 10.0 Å². The molecule has 0 saturated carbocycles. The van der Waals surface area contributed by atoms with Gasteiger partial charge in [-0.3, -0.25) is 10.1 Å². The summed E-state index contributed by atoms with van der Waals surface area (Å²) in [4.78, 5) is 35.8. The van der Waals surface area contributed by atoms with Crippen LogP contribution in [0.5, 0.6) is 0 Å². The lowest BCUT2D eigenvalue weighted by Gasteiger charge is -2.21. The summed E-state index contributed by atoms with van der Waals surface area (Å²) >= 11 is 0. The quantitative estimate of drug-likeness (QED) is 0.647. The molecule has 3 amide bonds. The highest BCUT2D eigenvalue weighted by molar-refractivity contribution is 7.89. The number of nitrogens with two attached hydrogens (primary N) is 1. The number of aryl methyl sites for hydroxylation is 1. The van der Waals surface area contributed by atoms with Crippen LogP contribution in [-0.4, -0.2) is 38.0 Å². The first-order valence-electron chi connectivity index (χ1n) is 8.10. The fourth-order valence-corrected chi connectivity index (χ4v) is 2.99. The van der Waals surface area contributed by atoms with Gasteiger partial charge in [0.05, 0.1) is 10.5 Å². The summed E-state index contributed by atoms with van der Waals surface area (Å²) in [5.74, 6) is -1.73. The predicted molar refractivity (Wildman–Crippen MR) is 98.6 cm³/mol. The smallest absolute Gasteiger partial charge is 0.338 e. The molecule has 9 nitrogen and oxygen atoms in total. The van der Waals surface area contributed by atoms with Crippen LogP contribution in [0.1, 0.15) is 49.2 Å². The number of rotatable bonds is 4. The molecule has 0 saturated heterocycles. The predicted octanol–water partition coefficient (Wildman–Crippen LogP) is 1.12. The summed E-state index contributed by atoms with van der Waals surface area (Å²) in [6.07, 6.45) is -1.28. The number of imide groups is 1. The number of amides is 3. The van der Waals surface area contributed by atoms with E-state index in [1.165, 1.54) is 13.0 Å². The maximum Gasteiger partial charge on any atom is 0.338 e. The zero-order chi connectivity index (χ0) is 21.2. The molecular formula is C17H25N3O6S. The van der Waals surface area contributed by atoms with E-state index in [1.807, 2.05) is 0 Å². The number of nitrogens with one attached hydrogen (secondary N) is 2. The van der Waals surface area contributed by atoms with E-state index in [0.29, 0.717) is 11.1 Å². The van der Waals surface area contributed by atoms with Gasteiger partial charge in [0.15, 0.2) is 6.10 Å². The molecule has 0 radical (unpaired) electrons. The first kappa shape index (κ1) is 22.6. The molecular weight excluding hydrogens is 374 g/mol. The van der Waals surface area contributed by atoms with Crippen molar-refractivity contribution in [2.75, 3.05) is 0 Å². The molecule has 1 unspecified atom stereocenters. The Labute approximate surface area is 158 Å². The molecule has 10 heteroatoms. The Bertz CT molecular complexity index is 871. The Hall–Kier alpha value is -2.46. The van der Waals surface area contributed by atoms with Crippen molar-refractivity contribution in [3.63, 3.8) is 0 Å². The highest BCUT2D eigenvalue weighted by Crippen LogP contribution is 2.21. The van der Waals surface area contributed by atoms with E-state index >= 15 is 0 Å². The van der Waals surface area contributed by atoms with E-state index in [9.17, 15) is 22.8 Å². The van der Waals surface area contributed by atoms with E-state index in [2.05, 4.69) is 10.6 Å². The highest BCUT2D eigenvalue weighted by Gasteiger charge is 2.24. The van der Waals surface area contributed by atoms with Crippen LogP contribution in [0.25, 0.3) is 0 Å². The SMILES string of the molecule is Cc1cc(C(=O)OC(C)C(=O)NC(=O)NC(C)(C)C)cc(S(N)(=O)=O)c1C. The van der Waals surface area contributed by atoms with Crippen molar-refractivity contribution in [1.29, 1.82) is 0 Å². The molecule has 0 heterocycles. The van der Waals surface area contributed by atoms with Gasteiger partial charge in [-0.15, -0.1) is 0 Å². The molecule has 0 fully saturated rings. The topological polar surface area (TPSA) is 145 Å². The van der Waals surface area contributed by atoms with Gasteiger partial charge in [0.25, 0.3) is 5.91 Å². The summed E-state index contributed by atoms with van der Waals surface area (Å²) < 4.78 is 28.4. The summed E-state index contributed by atoms with van der Waals surface area (Å²) in [5.41, 5.74) is 0.322. The van der Waals surface area contributed by atoms with Crippen LogP contribution in [-0.2, 0) is 19.6 Å². The van der Waals surface area contributed by atoms with Crippen molar-refractivity contribution in [2.45, 2.75) is 58.1 Å². The van der Waals surface area contributed by atoms with Crippen molar-refractivity contribution in [3.8, 4) is 0 Å². The Morgan fingerprint density at radius 3 is 2.19 bits per heavy atom. The summed E-state index contributed by atoms with van der Waals surface area (Å²) in [5, 5.41) is 9.76. The minimum atomic E-state index is -4.03. The Morgan fingerprint density at radius 2 is 1.70 bits per heavy atom. The minimum absolute atomic E-state index is 0.0686. The Kier molecular flexibility index (Phi) is 6.73. The number of carbonyl (C=O) groups excluding carboxylic acids is 3. The zero-order valence-corrected chi connectivity index (χ0v) is 17.0. The summed E-state index contributed by atoms with van der Waals surface area (Å²) in [6, 6.07) is 1.80. The monoisotopic (exact) mass is 399 g/mol. The maximum atomic E-state index is 12.3. The Balaban J connectivity index is 2.91. The molecule has 4 N–H and O–H groups in total. The third-order valence-electron chi connectivity index (χ3n) is 3.54. The molecule has 1 rings (SSSR count). The largest absolute Gasteiger partial charge is 0.449 e. The second-order valence-electron chi connectivity index (χ2n) is 7.20. The molecule has 0 aromatic heterocycles. The van der Waals surface area contributed by atoms with Gasteiger partial charge in [-0.2, -0.15) is 0 Å². The van der Waals surface area contributed by atoms with E-state index in [0.717, 1.165) is 6.07 Å². The van der Waals surface area contributed by atoms with Crippen LogP contribution in [0, 0.1) is 13.8 Å². The number of hydrogen-bond acceptors (Lipinski definition) is 6. The van der Waals surface area contributed by atoms with Gasteiger partial charge >= 0.3 is 12.0 Å². The second-order valence-corrected chi connectivity index (χ2v) is 8.73. The standard InChI is InChI=1S/C17H25N3O6S/c1-9-7-12(8-13(10(9)2)27(18,24)25)15(22)26-11(3)14(21)19-16(23)20-17(4,5)6/h7-8,11H,1-6H3,(H2,18,24,25)(H2,19,20,21,23). The molecule has 0 bridgehead atoms. The minimum Gasteiger partial charge on any atom is -0.449 e. The number of sulfonamides is 1. The van der Waals surface area contributed by atoms with Gasteiger partial charge < -0.3 is 10.1 Å². The van der Waals surface area contributed by atoms with Crippen molar-refractivity contribution < 1.29 is 27.5 Å². The van der Waals surface area contributed by atoms with Crippen LogP contribution in [0.3, 0.4) is 0 Å². The third-order valence-corrected chi connectivity index (χ3v) is 4.58. The Morgan fingerprint density at radius 1 is 1.15 bits per heavy atom. The lowest BCUT2D eigenvalue weighted by molar-refractivity contribution is -0.127. The number of primary sulfonamides is 1. The van der Waals surface area contributed by atoms with E-state index in [1.54, 1.807) is 34.6 Å². The molecule has 27 heavy (non-hydrogen) atoms. The van der Waals surface area contributed by atoms with Gasteiger partial charge in [-0.1, -0.05) is 0 Å². The lowest BCUT2D eigenvalue weighted by atomic mass is 10.1. The maximum absolute atomic E-state index is 12.3. The number of hydrogen-bond donors (Lipinski definition) is 3. The summed E-state index contributed by atoms with van der Waals surface area (Å²) in [7, 11) is -4.03. The molecule has 0 aliphatic rings. The van der Waals surface area contributed by atoms with Crippen LogP contribution >= 0.6 is 0 Å². The van der Waals surface area contributed by atoms with Crippen molar-refractivity contribution in [2.24, 2.45) is 5.14 Å². The van der Waals surface area contributed by atoms with Crippen molar-refractivity contribution in [1.82, 2.24) is 10.6 Å². The first-order valence-corrected chi connectivity index (χ1v) is 9.64. The highest BCUT2D eigenvalue weighted by atomic mass is 32.2. The number of ether oxygens (including phenoxy) is 1.